The Balaban J connectivity index is 0.000000270. The van der Waals surface area contributed by atoms with Crippen LogP contribution in [-0.4, -0.2) is 31.5 Å². The van der Waals surface area contributed by atoms with Crippen molar-refractivity contribution >= 4 is 34.7 Å². The molecule has 0 aliphatic carbocycles. The second-order valence-electron chi connectivity index (χ2n) is 11.0. The first kappa shape index (κ1) is 41.0. The zero-order valence-corrected chi connectivity index (χ0v) is 31.9. The van der Waals surface area contributed by atoms with E-state index in [1.807, 2.05) is 44.2 Å². The number of aromatic nitrogens is 4. The molecule has 0 unspecified atom stereocenters. The normalized spacial score (nSPS) is 10.7. The van der Waals surface area contributed by atoms with Gasteiger partial charge in [-0.15, -0.1) is 20.5 Å². The maximum atomic E-state index is 12.6. The SMILES string of the molecule is Cc1ccc(-n2nc(C)c(N=Nc3ccccc3C(=O)[O-])c2[O-])cc1.Cc1cccc(-n2nc(C)c(N=Nc3ccccc3C(=O)[O-])c2[O-])c1.[Cr+3].[Na+]. The van der Waals surface area contributed by atoms with Gasteiger partial charge in [0.05, 0.1) is 46.1 Å². The number of carbonyl (C=O) groups is 2. The monoisotopic (exact) mass is 743 g/mol. The summed E-state index contributed by atoms with van der Waals surface area (Å²) in [4.78, 5) is 22.2. The molecule has 255 valence electrons. The van der Waals surface area contributed by atoms with Gasteiger partial charge in [-0.3, -0.25) is 0 Å². The fourth-order valence-corrected chi connectivity index (χ4v) is 4.70. The number of aromatic carboxylic acids is 2. The van der Waals surface area contributed by atoms with Crippen molar-refractivity contribution < 1.29 is 76.9 Å². The number of hydrogen-bond acceptors (Lipinski definition) is 12. The Morgan fingerprint density at radius 1 is 0.558 bits per heavy atom. The molecule has 0 N–H and O–H groups in total. The van der Waals surface area contributed by atoms with E-state index in [2.05, 4.69) is 30.7 Å². The van der Waals surface area contributed by atoms with Crippen molar-refractivity contribution in [3.63, 3.8) is 0 Å². The van der Waals surface area contributed by atoms with Crippen LogP contribution in [0.3, 0.4) is 0 Å². The molecule has 0 bridgehead atoms. The van der Waals surface area contributed by atoms with E-state index in [9.17, 15) is 30.0 Å². The topological polar surface area (TPSA) is 211 Å². The third kappa shape index (κ3) is 9.46. The minimum absolute atomic E-state index is 0. The van der Waals surface area contributed by atoms with Gasteiger partial charge in [0, 0.05) is 22.9 Å². The van der Waals surface area contributed by atoms with E-state index in [-0.39, 0.29) is 80.8 Å². The number of carboxylic acids is 2. The van der Waals surface area contributed by atoms with E-state index in [0.717, 1.165) is 11.1 Å². The fraction of sp³-hybridized carbons (Fsp3) is 0.111. The summed E-state index contributed by atoms with van der Waals surface area (Å²) in [7, 11) is 0. The summed E-state index contributed by atoms with van der Waals surface area (Å²) < 4.78 is 2.50. The molecular formula is C36H28CrN8NaO6. The van der Waals surface area contributed by atoms with Crippen molar-refractivity contribution in [1.82, 2.24) is 19.6 Å². The van der Waals surface area contributed by atoms with Gasteiger partial charge in [0.25, 0.3) is 0 Å². The average molecular weight is 744 g/mol. The third-order valence-electron chi connectivity index (χ3n) is 7.26. The molecule has 0 fully saturated rings. The zero-order valence-electron chi connectivity index (χ0n) is 28.7. The second kappa shape index (κ2) is 18.2. The quantitative estimate of drug-likeness (QED) is 0.165. The summed E-state index contributed by atoms with van der Waals surface area (Å²) in [6, 6.07) is 26.8. The first-order valence-corrected chi connectivity index (χ1v) is 15.1. The van der Waals surface area contributed by atoms with Crippen LogP contribution in [0.2, 0.25) is 0 Å². The Kier molecular flexibility index (Phi) is 14.3. The van der Waals surface area contributed by atoms with Crippen molar-refractivity contribution in [2.24, 2.45) is 20.5 Å². The molecule has 1 radical (unpaired) electrons. The molecule has 14 nitrogen and oxygen atoms in total. The molecule has 2 heterocycles. The number of rotatable bonds is 8. The summed E-state index contributed by atoms with van der Waals surface area (Å²) in [5.74, 6) is -3.55. The number of hydrogen-bond donors (Lipinski definition) is 0. The minimum Gasteiger partial charge on any atom is -0.857 e. The molecule has 6 aromatic rings. The number of carboxylic acid groups (broad SMARTS) is 2. The van der Waals surface area contributed by atoms with Crippen LogP contribution in [0.4, 0.5) is 22.7 Å². The van der Waals surface area contributed by atoms with Gasteiger partial charge in [-0.25, -0.2) is 9.36 Å². The van der Waals surface area contributed by atoms with Gasteiger partial charge >= 0.3 is 46.9 Å². The van der Waals surface area contributed by atoms with Crippen LogP contribution >= 0.6 is 0 Å². The molecule has 16 heteroatoms. The van der Waals surface area contributed by atoms with Gasteiger partial charge in [-0.2, -0.15) is 10.2 Å². The van der Waals surface area contributed by atoms with Crippen molar-refractivity contribution in [2.45, 2.75) is 27.7 Å². The maximum Gasteiger partial charge on any atom is 3.00 e. The number of carbonyl (C=O) groups excluding carboxylic acids is 2. The summed E-state index contributed by atoms with van der Waals surface area (Å²) >= 11 is 0. The second-order valence-corrected chi connectivity index (χ2v) is 11.0. The standard InChI is InChI=1S/2C18H16N4O3.Cr.Na/c1-11-6-5-7-13(10-11)22-17(23)16(12(2)21-22)20-19-15-9-4-3-8-14(15)18(24)25;1-11-7-9-13(10-8-11)22-17(23)16(12(2)21-22)20-19-15-6-4-3-5-14(15)18(24)25;;/h2*3-10,23H,1-2H3,(H,24,25);;/q;;+3;+1/p-4. The van der Waals surface area contributed by atoms with Crippen molar-refractivity contribution in [2.75, 3.05) is 0 Å². The summed E-state index contributed by atoms with van der Waals surface area (Å²) in [6.07, 6.45) is 0. The maximum absolute atomic E-state index is 12.6. The van der Waals surface area contributed by atoms with Crippen LogP contribution in [0.5, 0.6) is 11.8 Å². The molecule has 4 aromatic carbocycles. The molecule has 0 aliphatic heterocycles. The Hall–Kier alpha value is -5.43. The van der Waals surface area contributed by atoms with E-state index in [4.69, 9.17) is 0 Å². The van der Waals surface area contributed by atoms with Crippen LogP contribution in [0.1, 0.15) is 43.2 Å². The Bertz CT molecular complexity index is 2270. The van der Waals surface area contributed by atoms with E-state index < -0.39 is 23.7 Å². The van der Waals surface area contributed by atoms with Crippen LogP contribution in [-0.2, 0) is 17.4 Å². The van der Waals surface area contributed by atoms with Crippen LogP contribution in [0.15, 0.2) is 118 Å². The Morgan fingerprint density at radius 3 is 1.44 bits per heavy atom. The first-order valence-electron chi connectivity index (χ1n) is 15.1. The van der Waals surface area contributed by atoms with E-state index in [0.29, 0.717) is 22.8 Å². The zero-order chi connectivity index (χ0) is 35.9. The van der Waals surface area contributed by atoms with Gasteiger partial charge in [-0.05, 0) is 69.7 Å². The van der Waals surface area contributed by atoms with Crippen molar-refractivity contribution in [3.8, 4) is 23.1 Å². The molecule has 0 spiro atoms. The predicted octanol–water partition coefficient (Wildman–Crippen LogP) is 1.68. The minimum atomic E-state index is -1.36. The number of benzene rings is 4. The van der Waals surface area contributed by atoms with Gasteiger partial charge in [0.2, 0.25) is 0 Å². The number of aryl methyl sites for hydroxylation is 4. The van der Waals surface area contributed by atoms with Gasteiger partial charge in [0.15, 0.2) is 0 Å². The van der Waals surface area contributed by atoms with E-state index in [1.54, 1.807) is 56.3 Å². The third-order valence-corrected chi connectivity index (χ3v) is 7.26. The summed E-state index contributed by atoms with van der Waals surface area (Å²) in [5, 5.41) is 71.3. The van der Waals surface area contributed by atoms with Crippen LogP contribution in [0, 0.1) is 27.7 Å². The van der Waals surface area contributed by atoms with Gasteiger partial charge in [-0.1, -0.05) is 66.2 Å². The number of nitrogens with zero attached hydrogens (tertiary/aromatic N) is 8. The molecule has 0 atom stereocenters. The van der Waals surface area contributed by atoms with Crippen molar-refractivity contribution in [3.05, 3.63) is 131 Å². The molecule has 2 aromatic heterocycles. The van der Waals surface area contributed by atoms with Gasteiger partial charge < -0.3 is 30.0 Å². The molecule has 52 heavy (non-hydrogen) atoms. The smallest absolute Gasteiger partial charge is 0.857 e. The molecule has 0 saturated heterocycles. The van der Waals surface area contributed by atoms with Crippen LogP contribution < -0.4 is 50.0 Å². The van der Waals surface area contributed by atoms with Crippen molar-refractivity contribution in [1.29, 1.82) is 0 Å². The van der Waals surface area contributed by atoms with Gasteiger partial charge in [0.1, 0.15) is 11.4 Å². The van der Waals surface area contributed by atoms with E-state index in [1.165, 1.54) is 33.6 Å². The first-order chi connectivity index (χ1) is 23.9. The molecule has 6 rings (SSSR count). The number of azo groups is 2. The molecule has 0 saturated carbocycles. The Labute approximate surface area is 331 Å². The molecule has 0 amide bonds. The summed E-state index contributed by atoms with van der Waals surface area (Å²) in [6.45, 7) is 7.16. The molecular weight excluding hydrogens is 715 g/mol. The predicted molar refractivity (Wildman–Crippen MR) is 175 cm³/mol. The van der Waals surface area contributed by atoms with Crippen LogP contribution in [0.25, 0.3) is 11.4 Å². The van der Waals surface area contributed by atoms with E-state index >= 15 is 0 Å². The largest absolute Gasteiger partial charge is 3.00 e. The fourth-order valence-electron chi connectivity index (χ4n) is 4.70. The summed E-state index contributed by atoms with van der Waals surface area (Å²) in [5.41, 5.74) is 4.29. The molecule has 0 aliphatic rings. The average Bonchev–Trinajstić information content (AvgIpc) is 3.55. The Morgan fingerprint density at radius 2 is 1.00 bits per heavy atom.